The van der Waals surface area contributed by atoms with Crippen LogP contribution in [0.4, 0.5) is 0 Å². The first-order chi connectivity index (χ1) is 6.66. The van der Waals surface area contributed by atoms with Gasteiger partial charge in [0.2, 0.25) is 0 Å². The molecule has 5 nitrogen and oxygen atoms in total. The second-order valence-electron chi connectivity index (χ2n) is 2.18. The van der Waals surface area contributed by atoms with E-state index in [0.29, 0.717) is 0 Å². The zero-order chi connectivity index (χ0) is 11.0. The van der Waals surface area contributed by atoms with Crippen LogP contribution in [0.1, 0.15) is 20.8 Å². The van der Waals surface area contributed by atoms with Gasteiger partial charge in [0.25, 0.3) is 8.46 Å². The molecule has 0 aromatic rings. The Bertz CT molecular complexity index is 191. The Labute approximate surface area is 86.2 Å². The van der Waals surface area contributed by atoms with E-state index >= 15 is 0 Å². The van der Waals surface area contributed by atoms with Crippen LogP contribution >= 0.6 is 16.5 Å². The molecule has 0 bridgehead atoms. The predicted octanol–water partition coefficient (Wildman–Crippen LogP) is 2.74. The molecule has 0 N–H and O–H groups in total. The van der Waals surface area contributed by atoms with Gasteiger partial charge in [-0.05, 0) is 25.3 Å². The zero-order valence-corrected chi connectivity index (χ0v) is 10.3. The average molecular weight is 241 g/mol. The van der Waals surface area contributed by atoms with Gasteiger partial charge in [-0.2, -0.15) is 0 Å². The fourth-order valence-electron chi connectivity index (χ4n) is 0.808. The van der Waals surface area contributed by atoms with E-state index < -0.39 is 21.8 Å². The van der Waals surface area contributed by atoms with Crippen molar-refractivity contribution in [3.8, 4) is 0 Å². The Hall–Kier alpha value is 0.0800. The standard InChI is InChI=1S/C7H15O5P2/c1-4-10-7(13-8,11-5-2)14(9)12-6-3/h4-6H2,1-3H3/q+1. The molecule has 0 fully saturated rings. The first-order valence-electron chi connectivity index (χ1n) is 4.39. The summed E-state index contributed by atoms with van der Waals surface area (Å²) >= 11 is 0. The molecule has 0 aliphatic carbocycles. The molecule has 0 spiro atoms. The number of rotatable bonds is 8. The smallest absolute Gasteiger partial charge is 0.299 e. The summed E-state index contributed by atoms with van der Waals surface area (Å²) in [5.74, 6) is 0. The third-order valence-corrected chi connectivity index (χ3v) is 3.69. The van der Waals surface area contributed by atoms with Crippen molar-refractivity contribution in [2.24, 2.45) is 0 Å². The summed E-state index contributed by atoms with van der Waals surface area (Å²) in [6.45, 7) is 5.86. The van der Waals surface area contributed by atoms with E-state index in [-0.39, 0.29) is 19.8 Å². The van der Waals surface area contributed by atoms with Crippen LogP contribution in [0.5, 0.6) is 0 Å². The minimum atomic E-state index is -2.26. The van der Waals surface area contributed by atoms with Crippen LogP contribution in [0, 0.1) is 0 Å². The lowest BCUT2D eigenvalue weighted by Gasteiger charge is -2.13. The van der Waals surface area contributed by atoms with Gasteiger partial charge in [-0.1, -0.05) is 0 Å². The van der Waals surface area contributed by atoms with Crippen LogP contribution in [0.15, 0.2) is 0 Å². The average Bonchev–Trinajstić information content (AvgIpc) is 2.17. The van der Waals surface area contributed by atoms with E-state index in [9.17, 15) is 9.13 Å². The molecule has 0 aromatic heterocycles. The van der Waals surface area contributed by atoms with E-state index in [4.69, 9.17) is 14.0 Å². The predicted molar refractivity (Wildman–Crippen MR) is 52.8 cm³/mol. The Morgan fingerprint density at radius 1 is 1.14 bits per heavy atom. The summed E-state index contributed by atoms with van der Waals surface area (Å²) in [5.41, 5.74) is 0. The number of ether oxygens (including phenoxy) is 2. The van der Waals surface area contributed by atoms with Gasteiger partial charge >= 0.3 is 13.3 Å². The first kappa shape index (κ1) is 14.1. The highest BCUT2D eigenvalue weighted by Gasteiger charge is 2.56. The molecular weight excluding hydrogens is 226 g/mol. The molecule has 0 radical (unpaired) electrons. The molecule has 0 saturated heterocycles. The van der Waals surface area contributed by atoms with Crippen molar-refractivity contribution < 1.29 is 23.1 Å². The molecule has 0 heterocycles. The normalized spacial score (nSPS) is 13.2. The lowest BCUT2D eigenvalue weighted by Crippen LogP contribution is -2.26. The molecule has 0 aromatic carbocycles. The van der Waals surface area contributed by atoms with Crippen LogP contribution in [0.3, 0.4) is 0 Å². The molecule has 14 heavy (non-hydrogen) atoms. The van der Waals surface area contributed by atoms with E-state index in [1.54, 1.807) is 20.8 Å². The van der Waals surface area contributed by atoms with Gasteiger partial charge in [0.15, 0.2) is 0 Å². The van der Waals surface area contributed by atoms with Crippen molar-refractivity contribution in [1.29, 1.82) is 0 Å². The van der Waals surface area contributed by atoms with Gasteiger partial charge in [-0.25, -0.2) is 0 Å². The van der Waals surface area contributed by atoms with Crippen LogP contribution < -0.4 is 0 Å². The Kier molecular flexibility index (Phi) is 7.42. The fourth-order valence-corrected chi connectivity index (χ4v) is 2.48. The van der Waals surface area contributed by atoms with Crippen molar-refractivity contribution in [2.45, 2.75) is 26.0 Å². The van der Waals surface area contributed by atoms with Gasteiger partial charge < -0.3 is 0 Å². The fraction of sp³-hybridized carbons (Fsp3) is 1.00. The summed E-state index contributed by atoms with van der Waals surface area (Å²) in [7, 11) is -2.74. The monoisotopic (exact) mass is 241 g/mol. The summed E-state index contributed by atoms with van der Waals surface area (Å²) in [6, 6.07) is 0. The van der Waals surface area contributed by atoms with E-state index in [0.717, 1.165) is 0 Å². The third kappa shape index (κ3) is 3.68. The van der Waals surface area contributed by atoms with E-state index in [1.165, 1.54) is 0 Å². The highest BCUT2D eigenvalue weighted by atomic mass is 31.2. The second-order valence-corrected chi connectivity index (χ2v) is 4.67. The minimum Gasteiger partial charge on any atom is -0.299 e. The maximum atomic E-state index is 11.5. The van der Waals surface area contributed by atoms with Crippen molar-refractivity contribution in [3.63, 3.8) is 0 Å². The number of hydrogen-bond acceptors (Lipinski definition) is 5. The molecule has 0 aliphatic heterocycles. The Balaban J connectivity index is 4.62. The summed E-state index contributed by atoms with van der Waals surface area (Å²) < 4.78 is 37.5. The maximum absolute atomic E-state index is 11.5. The van der Waals surface area contributed by atoms with Crippen LogP contribution in [-0.2, 0) is 23.1 Å². The molecule has 7 heteroatoms. The molecule has 1 atom stereocenters. The van der Waals surface area contributed by atoms with Crippen LogP contribution in [0.2, 0.25) is 0 Å². The summed E-state index contributed by atoms with van der Waals surface area (Å²) in [5, 5.41) is -1.64. The van der Waals surface area contributed by atoms with Crippen molar-refractivity contribution in [1.82, 2.24) is 0 Å². The molecule has 0 aliphatic rings. The largest absolute Gasteiger partial charge is 0.589 e. The van der Waals surface area contributed by atoms with Gasteiger partial charge in [0.05, 0.1) is 19.8 Å². The van der Waals surface area contributed by atoms with E-state index in [1.807, 2.05) is 0 Å². The van der Waals surface area contributed by atoms with Gasteiger partial charge in [0.1, 0.15) is 0 Å². The lowest BCUT2D eigenvalue weighted by molar-refractivity contribution is -0.116. The minimum absolute atomic E-state index is 0.253. The lowest BCUT2D eigenvalue weighted by atomic mass is 10.8. The van der Waals surface area contributed by atoms with Crippen LogP contribution in [0.25, 0.3) is 0 Å². The van der Waals surface area contributed by atoms with E-state index in [2.05, 4.69) is 0 Å². The molecule has 0 saturated carbocycles. The third-order valence-electron chi connectivity index (χ3n) is 1.26. The molecule has 82 valence electrons. The molecule has 1 unspecified atom stereocenters. The molecular formula is C7H15O5P2+. The SMILES string of the molecule is CCO[P+](=O)C(OCC)(OCC)P=O. The topological polar surface area (TPSA) is 61.8 Å². The molecule has 0 rings (SSSR count). The van der Waals surface area contributed by atoms with Gasteiger partial charge in [0, 0.05) is 0 Å². The first-order valence-corrected chi connectivity index (χ1v) is 6.38. The van der Waals surface area contributed by atoms with Crippen molar-refractivity contribution in [2.75, 3.05) is 19.8 Å². The van der Waals surface area contributed by atoms with Gasteiger partial charge in [-0.3, -0.25) is 14.0 Å². The molecule has 0 amide bonds. The highest BCUT2D eigenvalue weighted by molar-refractivity contribution is 7.54. The Morgan fingerprint density at radius 3 is 1.93 bits per heavy atom. The Morgan fingerprint density at radius 2 is 1.64 bits per heavy atom. The summed E-state index contributed by atoms with van der Waals surface area (Å²) in [6.07, 6.45) is 0. The quantitative estimate of drug-likeness (QED) is 0.483. The zero-order valence-electron chi connectivity index (χ0n) is 8.56. The summed E-state index contributed by atoms with van der Waals surface area (Å²) in [4.78, 5) is 0. The van der Waals surface area contributed by atoms with Crippen LogP contribution in [-0.4, -0.2) is 25.1 Å². The number of hydrogen-bond donors (Lipinski definition) is 0. The van der Waals surface area contributed by atoms with Crippen molar-refractivity contribution >= 4 is 16.5 Å². The second kappa shape index (κ2) is 7.38. The van der Waals surface area contributed by atoms with Gasteiger partial charge in [-0.15, -0.1) is 4.52 Å². The highest BCUT2D eigenvalue weighted by Crippen LogP contribution is 2.49. The van der Waals surface area contributed by atoms with Crippen molar-refractivity contribution in [3.05, 3.63) is 0 Å². The maximum Gasteiger partial charge on any atom is 0.589 e.